The molecule has 20 heavy (non-hydrogen) atoms. The lowest BCUT2D eigenvalue weighted by Crippen LogP contribution is -2.34. The van der Waals surface area contributed by atoms with Crippen LogP contribution in [0.5, 0.6) is 0 Å². The van der Waals surface area contributed by atoms with Crippen molar-refractivity contribution in [1.29, 1.82) is 0 Å². The Balaban J connectivity index is 1.88. The second-order valence-electron chi connectivity index (χ2n) is 5.67. The Morgan fingerprint density at radius 1 is 1.25 bits per heavy atom. The van der Waals surface area contributed by atoms with Crippen molar-refractivity contribution in [2.24, 2.45) is 5.92 Å². The van der Waals surface area contributed by atoms with E-state index in [9.17, 15) is 5.11 Å². The first-order valence-corrected chi connectivity index (χ1v) is 7.29. The van der Waals surface area contributed by atoms with Crippen LogP contribution in [0.4, 0.5) is 0 Å². The van der Waals surface area contributed by atoms with Gasteiger partial charge >= 0.3 is 0 Å². The van der Waals surface area contributed by atoms with Gasteiger partial charge in [0.25, 0.3) is 0 Å². The molecule has 0 radical (unpaired) electrons. The van der Waals surface area contributed by atoms with E-state index in [1.54, 1.807) is 7.11 Å². The van der Waals surface area contributed by atoms with Crippen molar-refractivity contribution in [3.8, 4) is 11.8 Å². The zero-order valence-electron chi connectivity index (χ0n) is 11.9. The maximum atomic E-state index is 11.0. The Bertz CT molecular complexity index is 576. The molecule has 1 N–H and O–H groups in total. The highest BCUT2D eigenvalue weighted by Crippen LogP contribution is 2.47. The molecule has 0 aromatic heterocycles. The first kappa shape index (κ1) is 13.3. The highest BCUT2D eigenvalue weighted by Gasteiger charge is 2.46. The van der Waals surface area contributed by atoms with Gasteiger partial charge in [-0.25, -0.2) is 0 Å². The third-order valence-electron chi connectivity index (χ3n) is 4.42. The van der Waals surface area contributed by atoms with E-state index in [1.165, 1.54) is 18.4 Å². The van der Waals surface area contributed by atoms with Crippen LogP contribution in [0.1, 0.15) is 37.7 Å². The van der Waals surface area contributed by atoms with Crippen molar-refractivity contribution in [2.45, 2.75) is 37.7 Å². The number of hydrogen-bond donors (Lipinski definition) is 1. The molecule has 0 saturated heterocycles. The predicted octanol–water partition coefficient (Wildman–Crippen LogP) is 3.26. The number of fused-ring (bicyclic) bond motifs is 1. The number of methoxy groups -OCH3 is 1. The summed E-state index contributed by atoms with van der Waals surface area (Å²) in [7, 11) is 1.70. The predicted molar refractivity (Wildman–Crippen MR) is 78.9 cm³/mol. The van der Waals surface area contributed by atoms with Crippen molar-refractivity contribution in [3.63, 3.8) is 0 Å². The molecule has 1 saturated carbocycles. The lowest BCUT2D eigenvalue weighted by Gasteiger charge is -2.29. The molecule has 0 aliphatic heterocycles. The highest BCUT2D eigenvalue weighted by molar-refractivity contribution is 5.41. The van der Waals surface area contributed by atoms with Crippen molar-refractivity contribution >= 4 is 0 Å². The maximum Gasteiger partial charge on any atom is 0.139 e. The largest absolute Gasteiger partial charge is 0.501 e. The summed E-state index contributed by atoms with van der Waals surface area (Å²) in [6, 6.07) is 9.84. The summed E-state index contributed by atoms with van der Waals surface area (Å²) in [5.41, 5.74) is 1.30. The van der Waals surface area contributed by atoms with Crippen molar-refractivity contribution in [3.05, 3.63) is 47.2 Å². The van der Waals surface area contributed by atoms with Crippen LogP contribution in [0.15, 0.2) is 41.7 Å². The van der Waals surface area contributed by atoms with E-state index in [4.69, 9.17) is 4.74 Å². The molecular formula is C18H20O2. The molecule has 2 aliphatic rings. The summed E-state index contributed by atoms with van der Waals surface area (Å²) in [6.07, 6.45) is 4.95. The molecule has 0 spiro atoms. The van der Waals surface area contributed by atoms with Crippen molar-refractivity contribution in [2.75, 3.05) is 7.11 Å². The van der Waals surface area contributed by atoms with Crippen molar-refractivity contribution in [1.82, 2.24) is 0 Å². The van der Waals surface area contributed by atoms with Gasteiger partial charge in [0.15, 0.2) is 0 Å². The molecule has 104 valence electrons. The molecule has 1 aromatic carbocycles. The number of ether oxygens (including phenoxy) is 1. The molecule has 0 bridgehead atoms. The fourth-order valence-electron chi connectivity index (χ4n) is 3.39. The molecule has 1 fully saturated rings. The average molecular weight is 268 g/mol. The summed E-state index contributed by atoms with van der Waals surface area (Å²) in [4.78, 5) is 0. The summed E-state index contributed by atoms with van der Waals surface area (Å²) in [5, 5.41) is 11.0. The van der Waals surface area contributed by atoms with Gasteiger partial charge < -0.3 is 9.84 Å². The lowest BCUT2D eigenvalue weighted by atomic mass is 9.78. The van der Waals surface area contributed by atoms with E-state index in [0.717, 1.165) is 24.2 Å². The Kier molecular flexibility index (Phi) is 3.54. The quantitative estimate of drug-likeness (QED) is 0.792. The van der Waals surface area contributed by atoms with Gasteiger partial charge in [0.1, 0.15) is 5.60 Å². The fourth-order valence-corrected chi connectivity index (χ4v) is 3.39. The molecule has 0 amide bonds. The third-order valence-corrected chi connectivity index (χ3v) is 4.42. The molecule has 3 rings (SSSR count). The van der Waals surface area contributed by atoms with Gasteiger partial charge in [-0.15, -0.1) is 0 Å². The topological polar surface area (TPSA) is 29.5 Å². The molecule has 1 aromatic rings. The lowest BCUT2D eigenvalue weighted by molar-refractivity contribution is 0.0516. The van der Waals surface area contributed by atoms with Crippen LogP contribution < -0.4 is 0 Å². The van der Waals surface area contributed by atoms with E-state index in [1.807, 2.05) is 30.3 Å². The van der Waals surface area contributed by atoms with Gasteiger partial charge in [-0.1, -0.05) is 36.5 Å². The third kappa shape index (κ3) is 2.34. The van der Waals surface area contributed by atoms with Gasteiger partial charge in [0.2, 0.25) is 0 Å². The molecule has 2 atom stereocenters. The Morgan fingerprint density at radius 2 is 2.05 bits per heavy atom. The smallest absolute Gasteiger partial charge is 0.139 e. The van der Waals surface area contributed by atoms with Crippen LogP contribution in [0, 0.1) is 17.8 Å². The van der Waals surface area contributed by atoms with Crippen LogP contribution in [-0.4, -0.2) is 17.8 Å². The molecule has 2 aliphatic carbocycles. The number of rotatable bonds is 1. The fraction of sp³-hybridized carbons (Fsp3) is 0.444. The standard InChI is InChI=1S/C18H20O2/c1-20-17-13-18(19,16-10-6-5-9-15(16)17)12-11-14-7-3-2-4-8-14/h2-4,7-8,16,19H,5-6,9-10,13H2,1H3/t16-,18-/m1/s1. The minimum Gasteiger partial charge on any atom is -0.501 e. The SMILES string of the molecule is COC1=C2CCCC[C@H]2[C@@](O)(C#Cc2ccccc2)C1. The van der Waals surface area contributed by atoms with Crippen molar-refractivity contribution < 1.29 is 9.84 Å². The van der Waals surface area contributed by atoms with Crippen LogP contribution in [0.3, 0.4) is 0 Å². The number of benzene rings is 1. The van der Waals surface area contributed by atoms with Gasteiger partial charge in [-0.2, -0.15) is 0 Å². The van der Waals surface area contributed by atoms with E-state index < -0.39 is 5.60 Å². The molecule has 0 heterocycles. The first-order valence-electron chi connectivity index (χ1n) is 7.29. The zero-order valence-corrected chi connectivity index (χ0v) is 11.9. The second kappa shape index (κ2) is 5.34. The van der Waals surface area contributed by atoms with Gasteiger partial charge in [-0.05, 0) is 37.0 Å². The molecular weight excluding hydrogens is 248 g/mol. The van der Waals surface area contributed by atoms with Gasteiger partial charge in [0.05, 0.1) is 12.9 Å². The van der Waals surface area contributed by atoms with Crippen LogP contribution in [0.25, 0.3) is 0 Å². The van der Waals surface area contributed by atoms with Crippen LogP contribution >= 0.6 is 0 Å². The minimum absolute atomic E-state index is 0.155. The normalized spacial score (nSPS) is 28.6. The van der Waals surface area contributed by atoms with E-state index in [0.29, 0.717) is 6.42 Å². The Labute approximate surface area is 120 Å². The monoisotopic (exact) mass is 268 g/mol. The van der Waals surface area contributed by atoms with Gasteiger partial charge in [-0.3, -0.25) is 0 Å². The molecule has 0 unspecified atom stereocenters. The summed E-state index contributed by atoms with van der Waals surface area (Å²) in [6.45, 7) is 0. The Hall–Kier alpha value is -1.72. The van der Waals surface area contributed by atoms with Crippen LogP contribution in [0.2, 0.25) is 0 Å². The molecule has 2 heteroatoms. The molecule has 2 nitrogen and oxygen atoms in total. The van der Waals surface area contributed by atoms with E-state index in [2.05, 4.69) is 11.8 Å². The summed E-state index contributed by atoms with van der Waals surface area (Å²) in [5.74, 6) is 7.36. The summed E-state index contributed by atoms with van der Waals surface area (Å²) >= 11 is 0. The zero-order chi connectivity index (χ0) is 14.0. The maximum absolute atomic E-state index is 11.0. The number of aliphatic hydroxyl groups is 1. The highest BCUT2D eigenvalue weighted by atomic mass is 16.5. The van der Waals surface area contributed by atoms with Gasteiger partial charge in [0, 0.05) is 17.9 Å². The second-order valence-corrected chi connectivity index (χ2v) is 5.67. The Morgan fingerprint density at radius 3 is 2.80 bits per heavy atom. The minimum atomic E-state index is -0.947. The summed E-state index contributed by atoms with van der Waals surface area (Å²) < 4.78 is 5.48. The van der Waals surface area contributed by atoms with E-state index in [-0.39, 0.29) is 5.92 Å². The van der Waals surface area contributed by atoms with Crippen LogP contribution in [-0.2, 0) is 4.74 Å². The average Bonchev–Trinajstić information content (AvgIpc) is 2.80. The number of hydrogen-bond acceptors (Lipinski definition) is 2. The first-order chi connectivity index (χ1) is 9.73. The van der Waals surface area contributed by atoms with E-state index >= 15 is 0 Å².